The van der Waals surface area contributed by atoms with Gasteiger partial charge in [0.2, 0.25) is 0 Å². The summed E-state index contributed by atoms with van der Waals surface area (Å²) in [5, 5.41) is 9.40. The summed E-state index contributed by atoms with van der Waals surface area (Å²) in [7, 11) is -0.0285. The normalized spacial score (nSPS) is 19.3. The zero-order chi connectivity index (χ0) is 18.4. The van der Waals surface area contributed by atoms with Crippen LogP contribution in [0.15, 0.2) is 11.6 Å². The monoisotopic (exact) mass is 344 g/mol. The van der Waals surface area contributed by atoms with Gasteiger partial charge in [0.05, 0.1) is 12.2 Å². The molecule has 0 saturated heterocycles. The molecule has 4 heteroatoms. The van der Waals surface area contributed by atoms with Crippen LogP contribution in [0.4, 0.5) is 0 Å². The highest BCUT2D eigenvalue weighted by atomic mass is 28.4. The van der Waals surface area contributed by atoms with Crippen molar-refractivity contribution in [2.24, 2.45) is 11.8 Å². The number of methoxy groups -OCH3 is 1. The van der Waals surface area contributed by atoms with Crippen molar-refractivity contribution < 1.29 is 14.3 Å². The van der Waals surface area contributed by atoms with Crippen LogP contribution in [-0.2, 0) is 9.16 Å². The van der Waals surface area contributed by atoms with E-state index >= 15 is 0 Å². The van der Waals surface area contributed by atoms with Crippen molar-refractivity contribution in [2.75, 3.05) is 13.7 Å². The van der Waals surface area contributed by atoms with E-state index in [4.69, 9.17) is 9.16 Å². The van der Waals surface area contributed by atoms with Gasteiger partial charge >= 0.3 is 0 Å². The van der Waals surface area contributed by atoms with Crippen molar-refractivity contribution in [3.63, 3.8) is 0 Å². The number of allylic oxidation sites excluding steroid dienone is 1. The van der Waals surface area contributed by atoms with E-state index in [9.17, 15) is 5.11 Å². The summed E-state index contributed by atoms with van der Waals surface area (Å²) in [6.45, 7) is 20.1. The molecule has 0 unspecified atom stereocenters. The van der Waals surface area contributed by atoms with Crippen LogP contribution < -0.4 is 0 Å². The van der Waals surface area contributed by atoms with E-state index in [1.165, 1.54) is 5.57 Å². The Bertz CT molecular complexity index is 371. The molecule has 0 aromatic carbocycles. The lowest BCUT2D eigenvalue weighted by molar-refractivity contribution is -0.0162. The molecule has 0 spiro atoms. The zero-order valence-electron chi connectivity index (χ0n) is 17.1. The average molecular weight is 345 g/mol. The Balaban J connectivity index is 4.96. The lowest BCUT2D eigenvalue weighted by Gasteiger charge is -2.41. The van der Waals surface area contributed by atoms with E-state index in [0.717, 1.165) is 6.42 Å². The molecule has 0 heterocycles. The van der Waals surface area contributed by atoms with Gasteiger partial charge < -0.3 is 14.3 Å². The first kappa shape index (κ1) is 22.8. The van der Waals surface area contributed by atoms with Gasteiger partial charge in [-0.2, -0.15) is 0 Å². The molecule has 23 heavy (non-hydrogen) atoms. The third kappa shape index (κ3) is 7.51. The number of ether oxygens (including phenoxy) is 1. The third-order valence-corrected chi connectivity index (χ3v) is 9.64. The Morgan fingerprint density at radius 2 is 1.70 bits per heavy atom. The van der Waals surface area contributed by atoms with Gasteiger partial charge in [-0.15, -0.1) is 0 Å². The Labute approximate surface area is 145 Å². The molecule has 0 fully saturated rings. The fourth-order valence-corrected chi connectivity index (χ4v) is 4.19. The number of aliphatic hydroxyl groups excluding tert-OH is 1. The Hall–Kier alpha value is -0.163. The van der Waals surface area contributed by atoms with Gasteiger partial charge in [0.15, 0.2) is 8.32 Å². The van der Waals surface area contributed by atoms with Gasteiger partial charge in [-0.25, -0.2) is 0 Å². The van der Waals surface area contributed by atoms with E-state index in [1.807, 2.05) is 0 Å². The second-order valence-corrected chi connectivity index (χ2v) is 13.4. The highest BCUT2D eigenvalue weighted by molar-refractivity contribution is 6.74. The van der Waals surface area contributed by atoms with Crippen LogP contribution in [0.25, 0.3) is 0 Å². The summed E-state index contributed by atoms with van der Waals surface area (Å²) in [6, 6.07) is 0. The van der Waals surface area contributed by atoms with Gasteiger partial charge in [-0.05, 0) is 44.3 Å². The molecule has 1 N–H and O–H groups in total. The van der Waals surface area contributed by atoms with E-state index < -0.39 is 8.32 Å². The highest BCUT2D eigenvalue weighted by Crippen LogP contribution is 2.38. The van der Waals surface area contributed by atoms with Crippen LogP contribution in [0.2, 0.25) is 18.1 Å². The Morgan fingerprint density at radius 1 is 1.17 bits per heavy atom. The number of hydrogen-bond donors (Lipinski definition) is 1. The molecule has 0 rings (SSSR count). The minimum absolute atomic E-state index is 0.0449. The molecule has 0 amide bonds. The van der Waals surface area contributed by atoms with Crippen molar-refractivity contribution in [2.45, 2.75) is 85.2 Å². The van der Waals surface area contributed by atoms with E-state index in [1.54, 1.807) is 7.11 Å². The van der Waals surface area contributed by atoms with Crippen LogP contribution in [0.5, 0.6) is 0 Å². The molecule has 0 aliphatic carbocycles. The van der Waals surface area contributed by atoms with Gasteiger partial charge in [0.25, 0.3) is 0 Å². The molecule has 0 saturated carbocycles. The first-order valence-electron chi connectivity index (χ1n) is 8.84. The molecule has 4 atom stereocenters. The molecule has 0 aliphatic rings. The third-order valence-electron chi connectivity index (χ3n) is 5.07. The predicted molar refractivity (Wildman–Crippen MR) is 102 cm³/mol. The minimum atomic E-state index is -1.80. The highest BCUT2D eigenvalue weighted by Gasteiger charge is 2.40. The van der Waals surface area contributed by atoms with E-state index in [0.29, 0.717) is 5.92 Å². The lowest BCUT2D eigenvalue weighted by Crippen LogP contribution is -2.47. The SMILES string of the molecule is CO[C@@H]([C@H](C)O[Si](C)(C)C(C)(C)C)[C@@H](C)/C=C(\C)C[C@H](C)CO. The van der Waals surface area contributed by atoms with Crippen LogP contribution in [0, 0.1) is 11.8 Å². The maximum atomic E-state index is 9.20. The van der Waals surface area contributed by atoms with E-state index in [2.05, 4.69) is 67.6 Å². The first-order valence-corrected chi connectivity index (χ1v) is 11.7. The van der Waals surface area contributed by atoms with Gasteiger partial charge in [0.1, 0.15) is 0 Å². The second-order valence-electron chi connectivity index (χ2n) is 8.65. The molecule has 0 aromatic rings. The van der Waals surface area contributed by atoms with Crippen molar-refractivity contribution in [1.29, 1.82) is 0 Å². The molecular formula is C19H40O3Si. The van der Waals surface area contributed by atoms with Gasteiger partial charge in [-0.3, -0.25) is 0 Å². The zero-order valence-corrected chi connectivity index (χ0v) is 18.1. The molecule has 0 aliphatic heterocycles. The van der Waals surface area contributed by atoms with Crippen molar-refractivity contribution in [3.05, 3.63) is 11.6 Å². The summed E-state index contributed by atoms with van der Waals surface area (Å²) in [5.74, 6) is 0.589. The van der Waals surface area contributed by atoms with Crippen molar-refractivity contribution >= 4 is 8.32 Å². The smallest absolute Gasteiger partial charge is 0.192 e. The Kier molecular flexibility index (Phi) is 9.29. The fraction of sp³-hybridized carbons (Fsp3) is 0.895. The molecular weight excluding hydrogens is 304 g/mol. The van der Waals surface area contributed by atoms with Crippen LogP contribution >= 0.6 is 0 Å². The number of aliphatic hydroxyl groups is 1. The number of rotatable bonds is 9. The Morgan fingerprint density at radius 3 is 2.09 bits per heavy atom. The summed E-state index contributed by atoms with van der Waals surface area (Å²) < 4.78 is 12.3. The van der Waals surface area contributed by atoms with Gasteiger partial charge in [-0.1, -0.05) is 46.3 Å². The van der Waals surface area contributed by atoms with E-state index in [-0.39, 0.29) is 29.8 Å². The minimum Gasteiger partial charge on any atom is -0.412 e. The first-order chi connectivity index (χ1) is 10.4. The predicted octanol–water partition coefficient (Wildman–Crippen LogP) is 5.01. The van der Waals surface area contributed by atoms with Crippen LogP contribution in [0.1, 0.15) is 54.9 Å². The summed E-state index contributed by atoms with van der Waals surface area (Å²) >= 11 is 0. The average Bonchev–Trinajstić information content (AvgIpc) is 2.36. The largest absolute Gasteiger partial charge is 0.412 e. The molecule has 0 aromatic heterocycles. The molecule has 0 radical (unpaired) electrons. The number of hydrogen-bond acceptors (Lipinski definition) is 3. The lowest BCUT2D eigenvalue weighted by atomic mass is 9.94. The second kappa shape index (κ2) is 9.35. The van der Waals surface area contributed by atoms with Crippen molar-refractivity contribution in [1.82, 2.24) is 0 Å². The van der Waals surface area contributed by atoms with Gasteiger partial charge in [0, 0.05) is 19.6 Å². The molecule has 3 nitrogen and oxygen atoms in total. The maximum absolute atomic E-state index is 9.20. The summed E-state index contributed by atoms with van der Waals surface area (Å²) in [5.41, 5.74) is 1.31. The topological polar surface area (TPSA) is 38.7 Å². The molecule has 138 valence electrons. The molecule has 0 bridgehead atoms. The fourth-order valence-electron chi connectivity index (χ4n) is 2.77. The quantitative estimate of drug-likeness (QED) is 0.472. The summed E-state index contributed by atoms with van der Waals surface area (Å²) in [6.07, 6.45) is 3.30. The van der Waals surface area contributed by atoms with Crippen molar-refractivity contribution in [3.8, 4) is 0 Å². The standard InChI is InChI=1S/C19H40O3Si/c1-14(11-15(2)13-20)12-16(3)18(21-8)17(4)22-23(9,10)19(5,6)7/h12,15-18,20H,11,13H2,1-10H3/b14-12+/t15-,16-,17-,18+/m0/s1. The van der Waals surface area contributed by atoms with Crippen LogP contribution in [0.3, 0.4) is 0 Å². The van der Waals surface area contributed by atoms with Crippen LogP contribution in [-0.4, -0.2) is 39.3 Å². The maximum Gasteiger partial charge on any atom is 0.192 e. The summed E-state index contributed by atoms with van der Waals surface area (Å²) in [4.78, 5) is 0.